The monoisotopic (exact) mass is 264 g/mol. The molecule has 2 nitrogen and oxygen atoms in total. The lowest BCUT2D eigenvalue weighted by atomic mass is 9.53. The quantitative estimate of drug-likeness (QED) is 0.737. The average Bonchev–Trinajstić information content (AvgIpc) is 2.37. The number of carbonyl (C=O) groups is 1. The summed E-state index contributed by atoms with van der Waals surface area (Å²) in [6.07, 6.45) is 7.20. The van der Waals surface area contributed by atoms with Gasteiger partial charge in [0.2, 0.25) is 0 Å². The van der Waals surface area contributed by atoms with E-state index in [0.29, 0.717) is 16.9 Å². The van der Waals surface area contributed by atoms with Crippen molar-refractivity contribution in [1.82, 2.24) is 0 Å². The Bertz CT molecular complexity index is 392. The van der Waals surface area contributed by atoms with Gasteiger partial charge in [0.1, 0.15) is 0 Å². The topological polar surface area (TPSA) is 37.3 Å². The van der Waals surface area contributed by atoms with Gasteiger partial charge in [0.15, 0.2) is 0 Å². The Hall–Kier alpha value is -0.790. The van der Waals surface area contributed by atoms with Gasteiger partial charge < -0.3 is 5.11 Å². The third-order valence-corrected chi connectivity index (χ3v) is 6.09. The van der Waals surface area contributed by atoms with Crippen LogP contribution in [0, 0.1) is 23.2 Å². The van der Waals surface area contributed by atoms with Crippen LogP contribution in [-0.4, -0.2) is 11.1 Å². The summed E-state index contributed by atoms with van der Waals surface area (Å²) in [5.41, 5.74) is 2.17. The number of aliphatic carboxylic acids is 1. The van der Waals surface area contributed by atoms with Crippen molar-refractivity contribution in [2.24, 2.45) is 23.2 Å². The number of carboxylic acid groups (broad SMARTS) is 1. The molecule has 0 aromatic carbocycles. The number of carboxylic acids is 1. The third-order valence-electron chi connectivity index (χ3n) is 6.09. The van der Waals surface area contributed by atoms with E-state index in [1.54, 1.807) is 6.92 Å². The van der Waals surface area contributed by atoms with Crippen molar-refractivity contribution in [1.29, 1.82) is 0 Å². The molecule has 0 aliphatic heterocycles. The summed E-state index contributed by atoms with van der Waals surface area (Å²) in [7, 11) is 0. The second-order valence-corrected chi connectivity index (χ2v) is 7.15. The Morgan fingerprint density at radius 2 is 2.00 bits per heavy atom. The second-order valence-electron chi connectivity index (χ2n) is 7.15. The molecule has 0 saturated heterocycles. The Kier molecular flexibility index (Phi) is 4.08. The van der Waals surface area contributed by atoms with Crippen LogP contribution in [0.3, 0.4) is 0 Å². The van der Waals surface area contributed by atoms with E-state index in [1.807, 2.05) is 0 Å². The molecule has 2 aliphatic rings. The van der Waals surface area contributed by atoms with E-state index in [9.17, 15) is 9.90 Å². The van der Waals surface area contributed by atoms with Crippen LogP contribution in [0.25, 0.3) is 0 Å². The maximum Gasteiger partial charge on any atom is 0.331 e. The van der Waals surface area contributed by atoms with Gasteiger partial charge in [-0.05, 0) is 62.2 Å². The van der Waals surface area contributed by atoms with E-state index in [0.717, 1.165) is 24.7 Å². The molecule has 0 aromatic rings. The SMILES string of the molecule is CC[C@H]1CCC2CCC(=C(C)C(=O)O)C[C@H]2C1(C)C. The molecule has 2 saturated carbocycles. The lowest BCUT2D eigenvalue weighted by molar-refractivity contribution is -0.132. The molecule has 0 amide bonds. The summed E-state index contributed by atoms with van der Waals surface area (Å²) in [4.78, 5) is 11.2. The highest BCUT2D eigenvalue weighted by molar-refractivity contribution is 5.86. The Labute approximate surface area is 117 Å². The Morgan fingerprint density at radius 1 is 1.32 bits per heavy atom. The fourth-order valence-electron chi connectivity index (χ4n) is 4.62. The van der Waals surface area contributed by atoms with E-state index in [1.165, 1.54) is 31.3 Å². The van der Waals surface area contributed by atoms with Gasteiger partial charge in [0.25, 0.3) is 0 Å². The predicted molar refractivity (Wildman–Crippen MR) is 78.0 cm³/mol. The van der Waals surface area contributed by atoms with E-state index in [4.69, 9.17) is 0 Å². The first-order valence-electron chi connectivity index (χ1n) is 7.79. The van der Waals surface area contributed by atoms with Crippen LogP contribution in [0.5, 0.6) is 0 Å². The third kappa shape index (κ3) is 2.59. The summed E-state index contributed by atoms with van der Waals surface area (Å²) in [5, 5.41) is 9.20. The van der Waals surface area contributed by atoms with Crippen LogP contribution < -0.4 is 0 Å². The van der Waals surface area contributed by atoms with Crippen LogP contribution in [0.15, 0.2) is 11.1 Å². The molecule has 19 heavy (non-hydrogen) atoms. The van der Waals surface area contributed by atoms with Crippen LogP contribution in [0.1, 0.15) is 66.2 Å². The molecule has 2 aliphatic carbocycles. The zero-order valence-corrected chi connectivity index (χ0v) is 12.8. The summed E-state index contributed by atoms with van der Waals surface area (Å²) < 4.78 is 0. The first-order valence-corrected chi connectivity index (χ1v) is 7.79. The van der Waals surface area contributed by atoms with Gasteiger partial charge in [-0.3, -0.25) is 0 Å². The lowest BCUT2D eigenvalue weighted by Crippen LogP contribution is -2.43. The summed E-state index contributed by atoms with van der Waals surface area (Å²) >= 11 is 0. The average molecular weight is 264 g/mol. The lowest BCUT2D eigenvalue weighted by Gasteiger charge is -2.52. The van der Waals surface area contributed by atoms with Gasteiger partial charge in [-0.2, -0.15) is 0 Å². The van der Waals surface area contributed by atoms with Crippen molar-refractivity contribution in [3.05, 3.63) is 11.1 Å². The highest BCUT2D eigenvalue weighted by Gasteiger charge is 2.46. The van der Waals surface area contributed by atoms with Gasteiger partial charge >= 0.3 is 5.97 Å². The normalized spacial score (nSPS) is 36.5. The smallest absolute Gasteiger partial charge is 0.331 e. The predicted octanol–water partition coefficient (Wildman–Crippen LogP) is 4.65. The molecular formula is C17H28O2. The number of rotatable bonds is 2. The highest BCUT2D eigenvalue weighted by Crippen LogP contribution is 2.55. The summed E-state index contributed by atoms with van der Waals surface area (Å²) in [6.45, 7) is 8.91. The van der Waals surface area contributed by atoms with Crippen molar-refractivity contribution < 1.29 is 9.90 Å². The summed E-state index contributed by atoms with van der Waals surface area (Å²) in [6, 6.07) is 0. The fraction of sp³-hybridized carbons (Fsp3) is 0.824. The Morgan fingerprint density at radius 3 is 2.58 bits per heavy atom. The number of allylic oxidation sites excluding steroid dienone is 1. The van der Waals surface area contributed by atoms with Gasteiger partial charge in [-0.25, -0.2) is 4.79 Å². The standard InChI is InChI=1S/C17H28O2/c1-5-14-9-8-12-6-7-13(11(2)16(18)19)10-15(12)17(14,3)4/h12,14-15H,5-10H2,1-4H3,(H,18,19)/t12?,14-,15+/m0/s1. The van der Waals surface area contributed by atoms with E-state index in [-0.39, 0.29) is 0 Å². The van der Waals surface area contributed by atoms with Gasteiger partial charge in [-0.15, -0.1) is 0 Å². The van der Waals surface area contributed by atoms with E-state index in [2.05, 4.69) is 20.8 Å². The van der Waals surface area contributed by atoms with Gasteiger partial charge in [0, 0.05) is 5.57 Å². The fourth-order valence-corrected chi connectivity index (χ4v) is 4.62. The largest absolute Gasteiger partial charge is 0.478 e. The van der Waals surface area contributed by atoms with Crippen LogP contribution in [0.4, 0.5) is 0 Å². The van der Waals surface area contributed by atoms with Crippen molar-refractivity contribution in [3.63, 3.8) is 0 Å². The highest BCUT2D eigenvalue weighted by atomic mass is 16.4. The maximum atomic E-state index is 11.2. The molecule has 1 unspecified atom stereocenters. The minimum absolute atomic E-state index is 0.363. The molecule has 108 valence electrons. The zero-order valence-electron chi connectivity index (χ0n) is 12.8. The molecule has 0 radical (unpaired) electrons. The zero-order chi connectivity index (χ0) is 14.2. The number of fused-ring (bicyclic) bond motifs is 1. The van der Waals surface area contributed by atoms with E-state index < -0.39 is 5.97 Å². The molecular weight excluding hydrogens is 236 g/mol. The number of hydrogen-bond acceptors (Lipinski definition) is 1. The molecule has 2 fully saturated rings. The molecule has 0 spiro atoms. The van der Waals surface area contributed by atoms with Crippen molar-refractivity contribution in [3.8, 4) is 0 Å². The molecule has 0 bridgehead atoms. The number of hydrogen-bond donors (Lipinski definition) is 1. The molecule has 2 rings (SSSR count). The molecule has 2 heteroatoms. The molecule has 0 heterocycles. The minimum Gasteiger partial charge on any atom is -0.478 e. The van der Waals surface area contributed by atoms with E-state index >= 15 is 0 Å². The van der Waals surface area contributed by atoms with Crippen molar-refractivity contribution in [2.45, 2.75) is 66.2 Å². The van der Waals surface area contributed by atoms with Crippen LogP contribution >= 0.6 is 0 Å². The molecule has 1 N–H and O–H groups in total. The van der Waals surface area contributed by atoms with Gasteiger partial charge in [0.05, 0.1) is 0 Å². The summed E-state index contributed by atoms with van der Waals surface area (Å²) in [5.74, 6) is 1.58. The maximum absolute atomic E-state index is 11.2. The second kappa shape index (κ2) is 5.30. The van der Waals surface area contributed by atoms with Crippen molar-refractivity contribution >= 4 is 5.97 Å². The van der Waals surface area contributed by atoms with Crippen LogP contribution in [0.2, 0.25) is 0 Å². The molecule has 0 aromatic heterocycles. The van der Waals surface area contributed by atoms with Crippen molar-refractivity contribution in [2.75, 3.05) is 0 Å². The molecule has 3 atom stereocenters. The minimum atomic E-state index is -0.728. The van der Waals surface area contributed by atoms with Gasteiger partial charge in [-0.1, -0.05) is 32.8 Å². The van der Waals surface area contributed by atoms with Crippen LogP contribution in [-0.2, 0) is 4.79 Å². The first kappa shape index (κ1) is 14.6. The Balaban J connectivity index is 2.24. The first-order chi connectivity index (χ1) is 8.87.